The Bertz CT molecular complexity index is 1430. The number of nitrogens with zero attached hydrogens (tertiary/aromatic N) is 7. The first-order chi connectivity index (χ1) is 16.9. The zero-order chi connectivity index (χ0) is 24.4. The van der Waals surface area contributed by atoms with Crippen molar-refractivity contribution >= 4 is 0 Å². The van der Waals surface area contributed by atoms with Crippen molar-refractivity contribution in [3.63, 3.8) is 0 Å². The summed E-state index contributed by atoms with van der Waals surface area (Å²) in [5.41, 5.74) is 1.80. The van der Waals surface area contributed by atoms with E-state index in [0.717, 1.165) is 29.8 Å². The van der Waals surface area contributed by atoms with Crippen molar-refractivity contribution in [2.75, 3.05) is 6.61 Å². The highest BCUT2D eigenvalue weighted by Gasteiger charge is 2.65. The summed E-state index contributed by atoms with van der Waals surface area (Å²) >= 11 is 0. The Morgan fingerprint density at radius 2 is 1.91 bits per heavy atom. The minimum Gasteiger partial charge on any atom is -0.396 e. The topological polar surface area (TPSA) is 102 Å². The SMILES string of the molecule is CC1(C)[C@H]2CC[C@]1(c1ccnc(-n3cnc(CCO)n3)n1)c1nnc(-c3c(F)cccc3F)cc12. The van der Waals surface area contributed by atoms with E-state index in [1.54, 1.807) is 12.3 Å². The van der Waals surface area contributed by atoms with Crippen LogP contribution in [-0.4, -0.2) is 46.6 Å². The molecule has 2 aliphatic rings. The fourth-order valence-corrected chi connectivity index (χ4v) is 6.06. The lowest BCUT2D eigenvalue weighted by Gasteiger charge is -2.37. The monoisotopic (exact) mass is 475 g/mol. The average molecular weight is 476 g/mol. The molecule has 1 aromatic carbocycles. The third kappa shape index (κ3) is 2.99. The number of fused-ring (bicyclic) bond motifs is 5. The van der Waals surface area contributed by atoms with Crippen molar-refractivity contribution in [2.24, 2.45) is 5.41 Å². The molecule has 0 amide bonds. The lowest BCUT2D eigenvalue weighted by Crippen LogP contribution is -2.38. The molecule has 3 aromatic heterocycles. The first-order valence-electron chi connectivity index (χ1n) is 11.5. The van der Waals surface area contributed by atoms with Crippen molar-refractivity contribution in [3.05, 3.63) is 77.3 Å². The number of halogens is 2. The van der Waals surface area contributed by atoms with E-state index in [4.69, 9.17) is 10.1 Å². The first-order valence-corrected chi connectivity index (χ1v) is 11.5. The molecule has 4 aromatic rings. The van der Waals surface area contributed by atoms with Gasteiger partial charge < -0.3 is 5.11 Å². The fraction of sp³-hybridized carbons (Fsp3) is 0.360. The summed E-state index contributed by atoms with van der Waals surface area (Å²) in [4.78, 5) is 13.4. The van der Waals surface area contributed by atoms with Gasteiger partial charge in [0.1, 0.15) is 18.0 Å². The molecular formula is C25H23F2N7O. The van der Waals surface area contributed by atoms with Crippen LogP contribution in [0.2, 0.25) is 0 Å². The number of aromatic nitrogens is 7. The molecule has 178 valence electrons. The van der Waals surface area contributed by atoms with Crippen molar-refractivity contribution in [1.29, 1.82) is 0 Å². The van der Waals surface area contributed by atoms with Crippen LogP contribution in [0.5, 0.6) is 0 Å². The second-order valence-corrected chi connectivity index (χ2v) is 9.67. The molecule has 1 saturated carbocycles. The van der Waals surface area contributed by atoms with Crippen molar-refractivity contribution in [2.45, 2.75) is 44.4 Å². The van der Waals surface area contributed by atoms with Crippen LogP contribution >= 0.6 is 0 Å². The van der Waals surface area contributed by atoms with Crippen LogP contribution < -0.4 is 0 Å². The highest BCUT2D eigenvalue weighted by molar-refractivity contribution is 5.64. The van der Waals surface area contributed by atoms with E-state index >= 15 is 0 Å². The van der Waals surface area contributed by atoms with Gasteiger partial charge in [0.15, 0.2) is 5.82 Å². The Morgan fingerprint density at radius 3 is 2.69 bits per heavy atom. The molecule has 0 unspecified atom stereocenters. The lowest BCUT2D eigenvalue weighted by molar-refractivity contribution is 0.242. The van der Waals surface area contributed by atoms with Gasteiger partial charge in [-0.1, -0.05) is 19.9 Å². The third-order valence-corrected chi connectivity index (χ3v) is 7.76. The fourth-order valence-electron chi connectivity index (χ4n) is 6.06. The summed E-state index contributed by atoms with van der Waals surface area (Å²) < 4.78 is 30.4. The van der Waals surface area contributed by atoms with E-state index in [1.807, 2.05) is 6.07 Å². The zero-order valence-corrected chi connectivity index (χ0v) is 19.3. The molecule has 2 aliphatic carbocycles. The van der Waals surface area contributed by atoms with E-state index in [-0.39, 0.29) is 29.2 Å². The normalized spacial score (nSPS) is 21.9. The minimum atomic E-state index is -0.662. The Morgan fingerprint density at radius 1 is 1.11 bits per heavy atom. The van der Waals surface area contributed by atoms with Gasteiger partial charge in [0, 0.05) is 12.6 Å². The number of rotatable bonds is 5. The van der Waals surface area contributed by atoms with E-state index in [1.165, 1.54) is 29.2 Å². The molecule has 6 rings (SSSR count). The molecule has 3 heterocycles. The quantitative estimate of drug-likeness (QED) is 0.471. The average Bonchev–Trinajstić information content (AvgIpc) is 3.47. The van der Waals surface area contributed by atoms with Crippen LogP contribution in [0.1, 0.15) is 55.4 Å². The number of benzene rings is 1. The molecule has 2 atom stereocenters. The maximum Gasteiger partial charge on any atom is 0.252 e. The maximum absolute atomic E-state index is 14.5. The predicted molar refractivity (Wildman–Crippen MR) is 122 cm³/mol. The van der Waals surface area contributed by atoms with Gasteiger partial charge in [-0.05, 0) is 54.0 Å². The second kappa shape index (κ2) is 7.67. The standard InChI is InChI=1S/C25H23F2N7O/c1-24(2)15-6-9-25(24,19-7-10-28-23(30-19)34-13-29-20(33-34)8-11-35)22-14(15)12-18(31-32-22)21-16(26)4-3-5-17(21)27/h3-5,7,10,12-13,15,35H,6,8-9,11H2,1-2H3/t15-,25-/m0/s1. The number of aliphatic hydroxyl groups is 1. The predicted octanol–water partition coefficient (Wildman–Crippen LogP) is 3.53. The molecule has 1 N–H and O–H groups in total. The van der Waals surface area contributed by atoms with Gasteiger partial charge in [0.25, 0.3) is 5.95 Å². The Hall–Kier alpha value is -3.66. The summed E-state index contributed by atoms with van der Waals surface area (Å²) in [7, 11) is 0. The largest absolute Gasteiger partial charge is 0.396 e. The van der Waals surface area contributed by atoms with Crippen molar-refractivity contribution < 1.29 is 13.9 Å². The molecule has 0 saturated heterocycles. The number of hydrogen-bond acceptors (Lipinski definition) is 7. The van der Waals surface area contributed by atoms with Gasteiger partial charge in [-0.25, -0.2) is 23.7 Å². The van der Waals surface area contributed by atoms with Crippen LogP contribution in [-0.2, 0) is 11.8 Å². The Balaban J connectivity index is 1.48. The van der Waals surface area contributed by atoms with Crippen molar-refractivity contribution in [3.8, 4) is 17.2 Å². The van der Waals surface area contributed by atoms with E-state index < -0.39 is 17.0 Å². The summed E-state index contributed by atoms with van der Waals surface area (Å²) in [5.74, 6) is -0.303. The Kier molecular flexibility index (Phi) is 4.79. The molecule has 10 heteroatoms. The van der Waals surface area contributed by atoms with E-state index in [9.17, 15) is 8.78 Å². The minimum absolute atomic E-state index is 0.0438. The summed E-state index contributed by atoms with van der Waals surface area (Å²) in [6.45, 7) is 4.33. The van der Waals surface area contributed by atoms with Crippen molar-refractivity contribution in [1.82, 2.24) is 34.9 Å². The lowest BCUT2D eigenvalue weighted by atomic mass is 9.66. The van der Waals surface area contributed by atoms with Crippen LogP contribution in [0.15, 0.2) is 42.9 Å². The number of hydrogen-bond donors (Lipinski definition) is 1. The van der Waals surface area contributed by atoms with Gasteiger partial charge in [0.05, 0.1) is 34.7 Å². The van der Waals surface area contributed by atoms with Crippen LogP contribution in [0.3, 0.4) is 0 Å². The second-order valence-electron chi connectivity index (χ2n) is 9.67. The van der Waals surface area contributed by atoms with E-state index in [2.05, 4.69) is 39.1 Å². The summed E-state index contributed by atoms with van der Waals surface area (Å²) in [5, 5.41) is 22.4. The van der Waals surface area contributed by atoms with Gasteiger partial charge in [-0.15, -0.1) is 10.2 Å². The van der Waals surface area contributed by atoms with Gasteiger partial charge >= 0.3 is 0 Å². The van der Waals surface area contributed by atoms with Gasteiger partial charge in [0.2, 0.25) is 0 Å². The van der Waals surface area contributed by atoms with Crippen LogP contribution in [0.4, 0.5) is 8.78 Å². The highest BCUT2D eigenvalue weighted by Crippen LogP contribution is 2.69. The molecular weight excluding hydrogens is 452 g/mol. The Labute approximate surface area is 200 Å². The summed E-state index contributed by atoms with van der Waals surface area (Å²) in [6.07, 6.45) is 5.29. The third-order valence-electron chi connectivity index (χ3n) is 7.76. The van der Waals surface area contributed by atoms with Crippen LogP contribution in [0.25, 0.3) is 17.2 Å². The number of aliphatic hydroxyl groups excluding tert-OH is 1. The molecule has 2 bridgehead atoms. The van der Waals surface area contributed by atoms with Crippen LogP contribution in [0, 0.1) is 17.0 Å². The molecule has 0 aliphatic heterocycles. The zero-order valence-electron chi connectivity index (χ0n) is 19.3. The molecule has 0 radical (unpaired) electrons. The smallest absolute Gasteiger partial charge is 0.252 e. The van der Waals surface area contributed by atoms with Gasteiger partial charge in [-0.2, -0.15) is 9.78 Å². The van der Waals surface area contributed by atoms with E-state index in [0.29, 0.717) is 18.2 Å². The molecule has 0 spiro atoms. The van der Waals surface area contributed by atoms with Gasteiger partial charge in [-0.3, -0.25) is 0 Å². The molecule has 8 nitrogen and oxygen atoms in total. The first kappa shape index (κ1) is 21.8. The summed E-state index contributed by atoms with van der Waals surface area (Å²) in [6, 6.07) is 7.47. The maximum atomic E-state index is 14.5. The molecule has 35 heavy (non-hydrogen) atoms. The molecule has 1 fully saturated rings. The highest BCUT2D eigenvalue weighted by atomic mass is 19.1.